The largest absolute Gasteiger partial charge is 0.437 e. The fourth-order valence-electron chi connectivity index (χ4n) is 10.6. The van der Waals surface area contributed by atoms with Gasteiger partial charge in [-0.1, -0.05) is 114 Å². The molecule has 2 unspecified atom stereocenters. The Labute approximate surface area is 361 Å². The Morgan fingerprint density at radius 2 is 1.46 bits per heavy atom. The molecule has 2 aliphatic rings. The lowest BCUT2D eigenvalue weighted by atomic mass is 9.77. The van der Waals surface area contributed by atoms with Gasteiger partial charge < -0.3 is 4.42 Å². The average Bonchev–Trinajstić information content (AvgIpc) is 3.64. The summed E-state index contributed by atoms with van der Waals surface area (Å²) in [6.07, 6.45) is 8.44. The molecular weight excluding hydrogens is 743 g/mol. The van der Waals surface area contributed by atoms with E-state index in [0.717, 1.165) is 64.7 Å². The smallest absolute Gasteiger partial charge is 0.227 e. The molecule has 0 N–H and O–H groups in total. The minimum absolute atomic E-state index is 0.271. The molecule has 4 nitrogen and oxygen atoms in total. The van der Waals surface area contributed by atoms with Crippen LogP contribution < -0.4 is 9.13 Å². The predicted octanol–water partition coefficient (Wildman–Crippen LogP) is 14.1. The summed E-state index contributed by atoms with van der Waals surface area (Å²) < 4.78 is 12.1. The van der Waals surface area contributed by atoms with Crippen LogP contribution in [0.5, 0.6) is 0 Å². The van der Waals surface area contributed by atoms with Crippen molar-refractivity contribution >= 4 is 27.8 Å². The van der Waals surface area contributed by atoms with Crippen LogP contribution in [0.15, 0.2) is 139 Å². The second kappa shape index (κ2) is 15.4. The summed E-state index contributed by atoms with van der Waals surface area (Å²) in [5.41, 5.74) is 20.3. The third kappa shape index (κ3) is 6.72. The van der Waals surface area contributed by atoms with Crippen molar-refractivity contribution < 1.29 is 13.6 Å². The minimum atomic E-state index is 0.271. The topological polar surface area (TPSA) is 33.8 Å². The molecule has 4 aromatic carbocycles. The maximum Gasteiger partial charge on any atom is 0.227 e. The van der Waals surface area contributed by atoms with E-state index in [9.17, 15) is 0 Å². The third-order valence-electron chi connectivity index (χ3n) is 13.5. The molecule has 304 valence electrons. The highest BCUT2D eigenvalue weighted by molar-refractivity contribution is 6.09. The van der Waals surface area contributed by atoms with Gasteiger partial charge in [0.1, 0.15) is 0 Å². The molecule has 0 saturated carbocycles. The van der Waals surface area contributed by atoms with E-state index in [-0.39, 0.29) is 12.0 Å². The van der Waals surface area contributed by atoms with Crippen molar-refractivity contribution in [2.24, 2.45) is 5.92 Å². The number of hydrogen-bond donors (Lipinski definition) is 0. The summed E-state index contributed by atoms with van der Waals surface area (Å²) in [6.45, 7) is 21.0. The Kier molecular flexibility index (Phi) is 9.86. The lowest BCUT2D eigenvalue weighted by Gasteiger charge is -2.31. The van der Waals surface area contributed by atoms with Gasteiger partial charge in [-0.2, -0.15) is 9.13 Å². The van der Waals surface area contributed by atoms with Crippen LogP contribution in [0.1, 0.15) is 112 Å². The van der Waals surface area contributed by atoms with Gasteiger partial charge in [0.2, 0.25) is 17.1 Å². The summed E-state index contributed by atoms with van der Waals surface area (Å²) in [5.74, 6) is 1.44. The van der Waals surface area contributed by atoms with Gasteiger partial charge in [0, 0.05) is 58.5 Å². The first kappa shape index (κ1) is 39.0. The molecule has 8 aromatic rings. The van der Waals surface area contributed by atoms with Crippen LogP contribution in [0.2, 0.25) is 0 Å². The summed E-state index contributed by atoms with van der Waals surface area (Å²) in [7, 11) is 0. The molecule has 0 bridgehead atoms. The molecule has 0 spiro atoms. The molecule has 0 amide bonds. The van der Waals surface area contributed by atoms with Crippen molar-refractivity contribution in [2.45, 2.75) is 97.9 Å². The number of furan rings is 1. The van der Waals surface area contributed by atoms with Gasteiger partial charge in [0.05, 0.1) is 17.2 Å². The van der Waals surface area contributed by atoms with E-state index in [4.69, 9.17) is 16.0 Å². The van der Waals surface area contributed by atoms with Gasteiger partial charge in [-0.05, 0) is 107 Å². The maximum absolute atomic E-state index is 7.15. The number of rotatable bonds is 6. The van der Waals surface area contributed by atoms with E-state index in [1.54, 1.807) is 0 Å². The average molecular weight is 800 g/mol. The van der Waals surface area contributed by atoms with Gasteiger partial charge in [-0.15, -0.1) is 0 Å². The summed E-state index contributed by atoms with van der Waals surface area (Å²) in [5, 5.41) is 2.14. The highest BCUT2D eigenvalue weighted by Gasteiger charge is 2.42. The standard InChI is InChI=1S/C57H57N3O/c1-34(2)28-42-33-60-38(8)30-49-43-18-12-13-19-44(43)51-20-14-15-27-59(51)52(49)26-22-40-21-23-45-46-24-25-50(58-57(46)61-56(45)54(40)53(60)29-37(42)7)55-47(35(3)4)31-41(32-48(55)36(5)6)39-16-10-9-11-17-39/h9-21,23-25,27,29,31-36,49,52H,8,22,26,28,30H2,1-7H3/q+2. The zero-order valence-electron chi connectivity index (χ0n) is 36.8. The zero-order chi connectivity index (χ0) is 42.1. The molecule has 0 fully saturated rings. The minimum Gasteiger partial charge on any atom is -0.437 e. The molecule has 10 rings (SSSR count). The van der Waals surface area contributed by atoms with Gasteiger partial charge in [0.15, 0.2) is 29.7 Å². The number of aryl methyl sites for hydroxylation is 2. The normalized spacial score (nSPS) is 16.1. The van der Waals surface area contributed by atoms with E-state index in [1.807, 2.05) is 0 Å². The van der Waals surface area contributed by atoms with Gasteiger partial charge in [0.25, 0.3) is 0 Å². The molecule has 2 aliphatic heterocycles. The molecule has 61 heavy (non-hydrogen) atoms. The molecule has 6 heterocycles. The van der Waals surface area contributed by atoms with Crippen molar-refractivity contribution in [3.05, 3.63) is 168 Å². The number of hydrogen-bond acceptors (Lipinski definition) is 2. The number of allylic oxidation sites excluding steroid dienone is 1. The van der Waals surface area contributed by atoms with Crippen molar-refractivity contribution in [1.82, 2.24) is 4.98 Å². The Morgan fingerprint density at radius 1 is 0.738 bits per heavy atom. The van der Waals surface area contributed by atoms with Crippen LogP contribution in [-0.4, -0.2) is 4.98 Å². The molecular formula is C57H57N3O+2. The molecule has 4 heteroatoms. The highest BCUT2D eigenvalue weighted by Crippen LogP contribution is 2.46. The third-order valence-corrected chi connectivity index (χ3v) is 13.5. The molecule has 0 aliphatic carbocycles. The van der Waals surface area contributed by atoms with Crippen molar-refractivity contribution in [3.63, 3.8) is 0 Å². The number of fused-ring (bicyclic) bond motifs is 13. The number of pyridine rings is 3. The first-order valence-corrected chi connectivity index (χ1v) is 22.5. The second-order valence-corrected chi connectivity index (χ2v) is 18.7. The zero-order valence-corrected chi connectivity index (χ0v) is 36.8. The molecule has 0 saturated heterocycles. The van der Waals surface area contributed by atoms with Crippen LogP contribution >= 0.6 is 0 Å². The SMILES string of the molecule is C=C1CC2c3ccccc3-c3cccc[n+]3C2CCc2ccc3c(oc4nc(-c5c(C(C)C)cc(-c6ccccc6)cc5C(C)C)ccc43)c2-c2cc(C)c(CC(C)C)c[n+]21. The highest BCUT2D eigenvalue weighted by atomic mass is 16.3. The van der Waals surface area contributed by atoms with Crippen LogP contribution in [0, 0.1) is 12.8 Å². The lowest BCUT2D eigenvalue weighted by Crippen LogP contribution is -2.48. The van der Waals surface area contributed by atoms with Crippen LogP contribution in [0.25, 0.3) is 72.7 Å². The van der Waals surface area contributed by atoms with Crippen LogP contribution in [0.4, 0.5) is 0 Å². The molecule has 0 radical (unpaired) electrons. The number of benzene rings is 4. The van der Waals surface area contributed by atoms with Gasteiger partial charge in [-0.3, -0.25) is 0 Å². The van der Waals surface area contributed by atoms with Crippen LogP contribution in [-0.2, 0) is 12.8 Å². The van der Waals surface area contributed by atoms with Crippen molar-refractivity contribution in [1.29, 1.82) is 0 Å². The Hall–Kier alpha value is -6.13. The Bertz CT molecular complexity index is 2970. The number of aromatic nitrogens is 3. The first-order chi connectivity index (χ1) is 29.5. The Morgan fingerprint density at radius 3 is 2.21 bits per heavy atom. The fourth-order valence-corrected chi connectivity index (χ4v) is 10.6. The maximum atomic E-state index is 7.15. The van der Waals surface area contributed by atoms with Crippen LogP contribution in [0.3, 0.4) is 0 Å². The lowest BCUT2D eigenvalue weighted by molar-refractivity contribution is -0.719. The first-order valence-electron chi connectivity index (χ1n) is 22.5. The number of nitrogens with zero attached hydrogens (tertiary/aromatic N) is 3. The molecule has 4 aromatic heterocycles. The predicted molar refractivity (Wildman–Crippen MR) is 252 cm³/mol. The van der Waals surface area contributed by atoms with E-state index in [2.05, 4.69) is 185 Å². The van der Waals surface area contributed by atoms with E-state index >= 15 is 0 Å². The van der Waals surface area contributed by atoms with Gasteiger partial charge >= 0.3 is 0 Å². The summed E-state index contributed by atoms with van der Waals surface area (Å²) in [4.78, 5) is 5.44. The monoisotopic (exact) mass is 799 g/mol. The second-order valence-electron chi connectivity index (χ2n) is 18.7. The van der Waals surface area contributed by atoms with E-state index in [0.29, 0.717) is 23.5 Å². The summed E-state index contributed by atoms with van der Waals surface area (Å²) >= 11 is 0. The van der Waals surface area contributed by atoms with Crippen molar-refractivity contribution in [2.75, 3.05) is 0 Å². The van der Waals surface area contributed by atoms with E-state index < -0.39 is 0 Å². The van der Waals surface area contributed by atoms with Gasteiger partial charge in [-0.25, -0.2) is 4.98 Å². The fraction of sp³-hybridized carbons (Fsp3) is 0.281. The van der Waals surface area contributed by atoms with Crippen molar-refractivity contribution in [3.8, 4) is 44.9 Å². The van der Waals surface area contributed by atoms with E-state index in [1.165, 1.54) is 61.3 Å². The Balaban J connectivity index is 1.18. The summed E-state index contributed by atoms with van der Waals surface area (Å²) in [6, 6.07) is 43.0. The quantitative estimate of drug-likeness (QED) is 0.157. The molecule has 2 atom stereocenters.